The molecule has 0 unspecified atom stereocenters. The molecule has 0 atom stereocenters. The number of thiophene rings is 1. The molecule has 0 aliphatic heterocycles. The first kappa shape index (κ1) is 13.1. The van der Waals surface area contributed by atoms with Crippen molar-refractivity contribution < 1.29 is 9.59 Å². The third-order valence-electron chi connectivity index (χ3n) is 2.39. The minimum Gasteiger partial charge on any atom is -0.307 e. The number of hydrazine groups is 1. The van der Waals surface area contributed by atoms with Crippen molar-refractivity contribution in [2.75, 3.05) is 5.32 Å². The predicted octanol–water partition coefficient (Wildman–Crippen LogP) is 2.52. The fraction of sp³-hybridized carbons (Fsp3) is 0.0769. The fourth-order valence-corrected chi connectivity index (χ4v) is 2.28. The van der Waals surface area contributed by atoms with Gasteiger partial charge in [0.1, 0.15) is 0 Å². The van der Waals surface area contributed by atoms with Crippen LogP contribution in [-0.4, -0.2) is 11.9 Å². The minimum atomic E-state index is -0.492. The summed E-state index contributed by atoms with van der Waals surface area (Å²) in [6, 6.07) is 10.3. The summed E-state index contributed by atoms with van der Waals surface area (Å²) in [6.07, 6.45) is 0. The number of hydrogen-bond acceptors (Lipinski definition) is 3. The van der Waals surface area contributed by atoms with Crippen LogP contribution in [0.3, 0.4) is 0 Å². The molecule has 0 saturated carbocycles. The van der Waals surface area contributed by atoms with Gasteiger partial charge < -0.3 is 5.32 Å². The van der Waals surface area contributed by atoms with Crippen LogP contribution < -0.4 is 16.2 Å². The number of benzene rings is 1. The molecule has 2 aromatic rings. The van der Waals surface area contributed by atoms with Crippen LogP contribution in [0.25, 0.3) is 0 Å². The third-order valence-corrected chi connectivity index (χ3v) is 3.40. The van der Waals surface area contributed by atoms with Gasteiger partial charge in [-0.1, -0.05) is 18.2 Å². The average Bonchev–Trinajstić information content (AvgIpc) is 2.83. The summed E-state index contributed by atoms with van der Waals surface area (Å²) in [5.41, 5.74) is 6.20. The van der Waals surface area contributed by atoms with Crippen LogP contribution in [0.1, 0.15) is 15.2 Å². The second-order valence-electron chi connectivity index (χ2n) is 3.83. The molecule has 0 bridgehead atoms. The number of para-hydroxylation sites is 1. The molecule has 0 spiro atoms. The number of hydrogen-bond donors (Lipinski definition) is 3. The molecule has 19 heavy (non-hydrogen) atoms. The largest absolute Gasteiger partial charge is 0.337 e. The average molecular weight is 275 g/mol. The number of carbonyl (C=O) groups is 2. The first-order valence-corrected chi connectivity index (χ1v) is 6.51. The smallest absolute Gasteiger partial charge is 0.307 e. The van der Waals surface area contributed by atoms with Crippen molar-refractivity contribution in [3.05, 3.63) is 52.2 Å². The summed E-state index contributed by atoms with van der Waals surface area (Å²) in [5.74, 6) is -0.323. The Hall–Kier alpha value is -2.34. The van der Waals surface area contributed by atoms with Gasteiger partial charge >= 0.3 is 6.03 Å². The summed E-state index contributed by atoms with van der Waals surface area (Å²) in [6.45, 7) is 1.84. The van der Waals surface area contributed by atoms with Crippen LogP contribution >= 0.6 is 11.3 Å². The Morgan fingerprint density at radius 2 is 1.79 bits per heavy atom. The van der Waals surface area contributed by atoms with Crippen molar-refractivity contribution in [2.24, 2.45) is 0 Å². The SMILES string of the molecule is Cc1ccsc1C(=O)NNC(=O)Nc1ccccc1. The molecule has 5 nitrogen and oxygen atoms in total. The lowest BCUT2D eigenvalue weighted by molar-refractivity contribution is 0.0941. The molecule has 0 fully saturated rings. The van der Waals surface area contributed by atoms with Crippen molar-refractivity contribution in [1.29, 1.82) is 0 Å². The second-order valence-corrected chi connectivity index (χ2v) is 4.75. The molecule has 0 aliphatic carbocycles. The standard InChI is InChI=1S/C13H13N3O2S/c1-9-7-8-19-11(9)12(17)15-16-13(18)14-10-5-3-2-4-6-10/h2-8H,1H3,(H,15,17)(H2,14,16,18). The quantitative estimate of drug-likeness (QED) is 0.737. The molecule has 1 heterocycles. The number of urea groups is 1. The molecular formula is C13H13N3O2S. The first-order valence-electron chi connectivity index (χ1n) is 5.63. The maximum absolute atomic E-state index is 11.7. The Bertz CT molecular complexity index is 581. The highest BCUT2D eigenvalue weighted by molar-refractivity contribution is 7.12. The van der Waals surface area contributed by atoms with E-state index in [0.29, 0.717) is 10.6 Å². The topological polar surface area (TPSA) is 70.2 Å². The van der Waals surface area contributed by atoms with Gasteiger partial charge in [-0.3, -0.25) is 10.2 Å². The van der Waals surface area contributed by atoms with E-state index in [1.807, 2.05) is 36.6 Å². The van der Waals surface area contributed by atoms with Crippen molar-refractivity contribution in [3.8, 4) is 0 Å². The van der Waals surface area contributed by atoms with E-state index in [-0.39, 0.29) is 5.91 Å². The molecule has 2 rings (SSSR count). The lowest BCUT2D eigenvalue weighted by Gasteiger charge is -2.08. The third kappa shape index (κ3) is 3.56. The van der Waals surface area contributed by atoms with Gasteiger partial charge in [0, 0.05) is 5.69 Å². The predicted molar refractivity (Wildman–Crippen MR) is 75.1 cm³/mol. The van der Waals surface area contributed by atoms with Gasteiger partial charge in [-0.15, -0.1) is 11.3 Å². The zero-order valence-corrected chi connectivity index (χ0v) is 11.1. The number of anilines is 1. The zero-order valence-electron chi connectivity index (χ0n) is 10.3. The van der Waals surface area contributed by atoms with Gasteiger partial charge in [0.25, 0.3) is 5.91 Å². The summed E-state index contributed by atoms with van der Waals surface area (Å²) in [5, 5.41) is 4.42. The van der Waals surface area contributed by atoms with E-state index in [9.17, 15) is 9.59 Å². The summed E-state index contributed by atoms with van der Waals surface area (Å²) in [7, 11) is 0. The minimum absolute atomic E-state index is 0.323. The Morgan fingerprint density at radius 3 is 2.42 bits per heavy atom. The van der Waals surface area contributed by atoms with Gasteiger partial charge in [0.2, 0.25) is 0 Å². The number of aryl methyl sites for hydroxylation is 1. The molecule has 0 radical (unpaired) electrons. The highest BCUT2D eigenvalue weighted by atomic mass is 32.1. The lowest BCUT2D eigenvalue weighted by Crippen LogP contribution is -2.43. The van der Waals surface area contributed by atoms with Crippen molar-refractivity contribution in [1.82, 2.24) is 10.9 Å². The number of amides is 3. The van der Waals surface area contributed by atoms with Crippen LogP contribution in [0, 0.1) is 6.92 Å². The number of rotatable bonds is 2. The number of nitrogens with one attached hydrogen (secondary N) is 3. The molecule has 3 amide bonds. The van der Waals surface area contributed by atoms with E-state index in [4.69, 9.17) is 0 Å². The molecular weight excluding hydrogens is 262 g/mol. The molecule has 6 heteroatoms. The van der Waals surface area contributed by atoms with Crippen molar-refractivity contribution in [3.63, 3.8) is 0 Å². The van der Waals surface area contributed by atoms with E-state index < -0.39 is 6.03 Å². The van der Waals surface area contributed by atoms with Gasteiger partial charge in [0.15, 0.2) is 0 Å². The maximum atomic E-state index is 11.7. The second kappa shape index (κ2) is 6.01. The van der Waals surface area contributed by atoms with E-state index in [1.54, 1.807) is 12.1 Å². The van der Waals surface area contributed by atoms with E-state index >= 15 is 0 Å². The Balaban J connectivity index is 1.84. The highest BCUT2D eigenvalue weighted by Gasteiger charge is 2.10. The van der Waals surface area contributed by atoms with E-state index in [0.717, 1.165) is 5.56 Å². The Labute approximate surface area is 114 Å². The zero-order chi connectivity index (χ0) is 13.7. The van der Waals surface area contributed by atoms with Crippen LogP contribution in [-0.2, 0) is 0 Å². The molecule has 1 aromatic heterocycles. The molecule has 1 aromatic carbocycles. The van der Waals surface area contributed by atoms with Gasteiger partial charge in [-0.2, -0.15) is 0 Å². The van der Waals surface area contributed by atoms with Crippen LogP contribution in [0.15, 0.2) is 41.8 Å². The van der Waals surface area contributed by atoms with E-state index in [1.165, 1.54) is 11.3 Å². The van der Waals surface area contributed by atoms with Crippen molar-refractivity contribution >= 4 is 29.0 Å². The first-order chi connectivity index (χ1) is 9.16. The van der Waals surface area contributed by atoms with Gasteiger partial charge in [-0.05, 0) is 36.1 Å². The summed E-state index contributed by atoms with van der Waals surface area (Å²) in [4.78, 5) is 23.9. The van der Waals surface area contributed by atoms with Crippen LogP contribution in [0.5, 0.6) is 0 Å². The van der Waals surface area contributed by atoms with Crippen molar-refractivity contribution in [2.45, 2.75) is 6.92 Å². The molecule has 3 N–H and O–H groups in total. The molecule has 0 saturated heterocycles. The van der Waals surface area contributed by atoms with Gasteiger partial charge in [-0.25, -0.2) is 10.2 Å². The Kier molecular flexibility index (Phi) is 4.15. The lowest BCUT2D eigenvalue weighted by atomic mass is 10.3. The maximum Gasteiger partial charge on any atom is 0.337 e. The fourth-order valence-electron chi connectivity index (χ4n) is 1.46. The molecule has 0 aliphatic rings. The Morgan fingerprint density at radius 1 is 1.05 bits per heavy atom. The molecule has 98 valence electrons. The van der Waals surface area contributed by atoms with Crippen LogP contribution in [0.4, 0.5) is 10.5 Å². The normalized spacial score (nSPS) is 9.74. The van der Waals surface area contributed by atoms with Gasteiger partial charge in [0.05, 0.1) is 4.88 Å². The monoisotopic (exact) mass is 275 g/mol. The summed E-state index contributed by atoms with van der Waals surface area (Å²) >= 11 is 1.33. The number of carbonyl (C=O) groups excluding carboxylic acids is 2. The highest BCUT2D eigenvalue weighted by Crippen LogP contribution is 2.14. The van der Waals surface area contributed by atoms with E-state index in [2.05, 4.69) is 16.2 Å². The summed E-state index contributed by atoms with van der Waals surface area (Å²) < 4.78 is 0. The van der Waals surface area contributed by atoms with Crippen LogP contribution in [0.2, 0.25) is 0 Å².